The van der Waals surface area contributed by atoms with Crippen molar-refractivity contribution < 1.29 is 0 Å². The molecule has 0 nitrogen and oxygen atoms in total. The van der Waals surface area contributed by atoms with Gasteiger partial charge in [0.1, 0.15) is 0 Å². The van der Waals surface area contributed by atoms with Crippen LogP contribution < -0.4 is 0 Å². The molecule has 0 N–H and O–H groups in total. The third-order valence-electron chi connectivity index (χ3n) is 16.3. The number of hydrogen-bond donors (Lipinski definition) is 0. The van der Waals surface area contributed by atoms with Crippen LogP contribution in [0.15, 0.2) is 0 Å². The van der Waals surface area contributed by atoms with Gasteiger partial charge in [-0.05, 0) is 131 Å². The predicted octanol–water partition coefficient (Wildman–Crippen LogP) is 9.83. The Morgan fingerprint density at radius 3 is 1.74 bits per heavy atom. The van der Waals surface area contributed by atoms with Crippen LogP contribution in [-0.2, 0) is 0 Å². The third-order valence-corrected chi connectivity index (χ3v) is 16.3. The molecule has 7 aliphatic carbocycles. The normalized spacial score (nSPS) is 58.9. The second-order valence-electron chi connectivity index (χ2n) is 17.4. The van der Waals surface area contributed by atoms with Gasteiger partial charge in [0.25, 0.3) is 0 Å². The van der Waals surface area contributed by atoms with Gasteiger partial charge in [-0.15, -0.1) is 0 Å². The van der Waals surface area contributed by atoms with Gasteiger partial charge in [-0.2, -0.15) is 0 Å². The lowest BCUT2D eigenvalue weighted by Crippen LogP contribution is -2.46. The smallest absolute Gasteiger partial charge is 0.0269 e. The molecule has 7 rings (SSSR count). The van der Waals surface area contributed by atoms with Crippen molar-refractivity contribution in [2.24, 2.45) is 105 Å². The quantitative estimate of drug-likeness (QED) is 0.345. The van der Waals surface area contributed by atoms with E-state index in [1.165, 1.54) is 19.3 Å². The molecule has 0 spiro atoms. The van der Waals surface area contributed by atoms with Gasteiger partial charge in [0, 0.05) is 0 Å². The van der Waals surface area contributed by atoms with E-state index in [1.54, 1.807) is 19.3 Å². The third kappa shape index (κ3) is 2.98. The molecular formula is C35H60. The summed E-state index contributed by atoms with van der Waals surface area (Å²) in [6.07, 6.45) is 9.12. The van der Waals surface area contributed by atoms with Crippen molar-refractivity contribution in [1.29, 1.82) is 0 Å². The molecule has 0 radical (unpaired) electrons. The molecule has 0 aromatic rings. The highest BCUT2D eigenvalue weighted by molar-refractivity contribution is 5.18. The first-order valence-electron chi connectivity index (χ1n) is 16.3. The monoisotopic (exact) mass is 480 g/mol. The Kier molecular flexibility index (Phi) is 5.62. The summed E-state index contributed by atoms with van der Waals surface area (Å²) in [7, 11) is 0. The molecule has 15 unspecified atom stereocenters. The fourth-order valence-electron chi connectivity index (χ4n) is 13.6. The summed E-state index contributed by atoms with van der Waals surface area (Å²) in [5.74, 6) is 15.9. The Morgan fingerprint density at radius 2 is 1.14 bits per heavy atom. The lowest BCUT2D eigenvalue weighted by atomic mass is 9.53. The summed E-state index contributed by atoms with van der Waals surface area (Å²) in [6, 6.07) is 0. The first kappa shape index (κ1) is 25.3. The van der Waals surface area contributed by atoms with Crippen LogP contribution in [0.1, 0.15) is 115 Å². The molecule has 0 saturated heterocycles. The van der Waals surface area contributed by atoms with E-state index in [-0.39, 0.29) is 0 Å². The first-order valence-corrected chi connectivity index (χ1v) is 16.3. The van der Waals surface area contributed by atoms with E-state index in [4.69, 9.17) is 0 Å². The standard InChI is InChI=1S/C18H32.C17H28/c1-7-8-12-9-11(2)15-13-10-14(16(12)15)18(5,6)17(13,3)4;1-8-9(2)12-6-11(8)15-13-7-14(16(12)15)17(4,5)10(13)3/h11-16H,7-10H2,1-6H3;8-16H,6-7H2,1-5H3. The number of rotatable bonds is 2. The Labute approximate surface area is 219 Å². The first-order chi connectivity index (χ1) is 16.3. The van der Waals surface area contributed by atoms with Crippen LogP contribution in [0, 0.1) is 105 Å². The maximum absolute atomic E-state index is 2.57. The zero-order valence-electron chi connectivity index (χ0n) is 25.4. The van der Waals surface area contributed by atoms with Gasteiger partial charge < -0.3 is 0 Å². The molecular weight excluding hydrogens is 420 g/mol. The molecule has 7 fully saturated rings. The fourth-order valence-corrected chi connectivity index (χ4v) is 13.6. The molecule has 6 bridgehead atoms. The summed E-state index contributed by atoms with van der Waals surface area (Å²) >= 11 is 0. The van der Waals surface area contributed by atoms with Crippen molar-refractivity contribution in [1.82, 2.24) is 0 Å². The maximum Gasteiger partial charge on any atom is -0.0269 e. The van der Waals surface area contributed by atoms with Crippen molar-refractivity contribution in [3.8, 4) is 0 Å². The molecule has 0 aromatic heterocycles. The molecule has 0 amide bonds. The largest absolute Gasteiger partial charge is 0.0654 e. The number of fused-ring (bicyclic) bond motifs is 14. The molecule has 0 aliphatic heterocycles. The van der Waals surface area contributed by atoms with Crippen molar-refractivity contribution in [3.63, 3.8) is 0 Å². The summed E-state index contributed by atoms with van der Waals surface area (Å²) in [5, 5.41) is 0. The molecule has 35 heavy (non-hydrogen) atoms. The minimum atomic E-state index is 0.564. The SMILES string of the molecule is CC1C(C)C2CC1C1C3CC(C21)C(C)(C)C3C.CCCC1CC(C)C2C1C1CC2C(C)(C)C1(C)C. The minimum absolute atomic E-state index is 0.564. The lowest BCUT2D eigenvalue weighted by Gasteiger charge is -2.52. The zero-order valence-corrected chi connectivity index (χ0v) is 25.4. The maximum atomic E-state index is 2.57. The van der Waals surface area contributed by atoms with E-state index < -0.39 is 0 Å². The second-order valence-corrected chi connectivity index (χ2v) is 17.4. The van der Waals surface area contributed by atoms with Crippen molar-refractivity contribution in [2.75, 3.05) is 0 Å². The van der Waals surface area contributed by atoms with E-state index in [1.807, 2.05) is 0 Å². The Bertz CT molecular complexity index is 831. The van der Waals surface area contributed by atoms with Crippen LogP contribution >= 0.6 is 0 Å². The molecule has 0 heterocycles. The highest BCUT2D eigenvalue weighted by atomic mass is 14.7. The number of hydrogen-bond acceptors (Lipinski definition) is 0. The minimum Gasteiger partial charge on any atom is -0.0654 e. The van der Waals surface area contributed by atoms with Crippen molar-refractivity contribution >= 4 is 0 Å². The van der Waals surface area contributed by atoms with Gasteiger partial charge in [-0.25, -0.2) is 0 Å². The molecule has 0 aromatic carbocycles. The van der Waals surface area contributed by atoms with Gasteiger partial charge in [0.05, 0.1) is 0 Å². The summed E-state index contributed by atoms with van der Waals surface area (Å²) in [4.78, 5) is 0. The van der Waals surface area contributed by atoms with Gasteiger partial charge >= 0.3 is 0 Å². The van der Waals surface area contributed by atoms with Crippen LogP contribution in [0.5, 0.6) is 0 Å². The Hall–Kier alpha value is 0. The van der Waals surface area contributed by atoms with Gasteiger partial charge in [0.15, 0.2) is 0 Å². The van der Waals surface area contributed by atoms with E-state index in [9.17, 15) is 0 Å². The molecule has 15 atom stereocenters. The van der Waals surface area contributed by atoms with Crippen LogP contribution in [0.25, 0.3) is 0 Å². The Morgan fingerprint density at radius 1 is 0.571 bits per heavy atom. The van der Waals surface area contributed by atoms with E-state index in [2.05, 4.69) is 76.2 Å². The van der Waals surface area contributed by atoms with Crippen LogP contribution in [0.3, 0.4) is 0 Å². The summed E-state index contributed by atoms with van der Waals surface area (Å²) in [5.41, 5.74) is 1.77. The predicted molar refractivity (Wildman–Crippen MR) is 150 cm³/mol. The average Bonchev–Trinajstić information content (AvgIpc) is 3.58. The van der Waals surface area contributed by atoms with Crippen molar-refractivity contribution in [3.05, 3.63) is 0 Å². The topological polar surface area (TPSA) is 0 Å². The highest BCUT2D eigenvalue weighted by Gasteiger charge is 2.70. The van der Waals surface area contributed by atoms with E-state index in [0.717, 1.165) is 88.8 Å². The van der Waals surface area contributed by atoms with Crippen molar-refractivity contribution in [2.45, 2.75) is 115 Å². The Balaban J connectivity index is 0.000000131. The van der Waals surface area contributed by atoms with E-state index >= 15 is 0 Å². The van der Waals surface area contributed by atoms with Gasteiger partial charge in [0.2, 0.25) is 0 Å². The van der Waals surface area contributed by atoms with Gasteiger partial charge in [-0.1, -0.05) is 89.0 Å². The van der Waals surface area contributed by atoms with Crippen LogP contribution in [0.4, 0.5) is 0 Å². The average molecular weight is 481 g/mol. The molecule has 0 heteroatoms. The fraction of sp³-hybridized carbons (Fsp3) is 1.00. The lowest BCUT2D eigenvalue weighted by molar-refractivity contribution is -0.0390. The zero-order chi connectivity index (χ0) is 25.4. The van der Waals surface area contributed by atoms with Gasteiger partial charge in [-0.3, -0.25) is 0 Å². The highest BCUT2D eigenvalue weighted by Crippen LogP contribution is 2.76. The second kappa shape index (κ2) is 7.78. The van der Waals surface area contributed by atoms with E-state index in [0.29, 0.717) is 16.2 Å². The summed E-state index contributed by atoms with van der Waals surface area (Å²) < 4.78 is 0. The molecule has 7 saturated carbocycles. The molecule has 200 valence electrons. The molecule has 7 aliphatic rings. The van der Waals surface area contributed by atoms with Crippen LogP contribution in [-0.4, -0.2) is 0 Å². The summed E-state index contributed by atoms with van der Waals surface area (Å²) in [6.45, 7) is 28.0. The van der Waals surface area contributed by atoms with Crippen LogP contribution in [0.2, 0.25) is 0 Å².